The van der Waals surface area contributed by atoms with Crippen LogP contribution in [0.5, 0.6) is 0 Å². The van der Waals surface area contributed by atoms with Crippen molar-refractivity contribution in [3.63, 3.8) is 0 Å². The van der Waals surface area contributed by atoms with Gasteiger partial charge in [0, 0.05) is 21.8 Å². The summed E-state index contributed by atoms with van der Waals surface area (Å²) in [4.78, 5) is 16.0. The highest BCUT2D eigenvalue weighted by molar-refractivity contribution is 9.10. The first-order valence-electron chi connectivity index (χ1n) is 8.33. The number of esters is 1. The monoisotopic (exact) mass is 606 g/mol. The van der Waals surface area contributed by atoms with Crippen molar-refractivity contribution < 1.29 is 13.9 Å². The lowest BCUT2D eigenvalue weighted by atomic mass is 10.1. The number of nitrogens with one attached hydrogen (secondary N) is 1. The Hall–Kier alpha value is -1.85. The number of ether oxygens (including phenoxy) is 1. The number of halogens is 5. The predicted octanol–water partition coefficient (Wildman–Crippen LogP) is 6.64. The Kier molecular flexibility index (Phi) is 7.82. The quantitative estimate of drug-likeness (QED) is 0.199. The first kappa shape index (κ1) is 23.8. The molecule has 0 atom stereocenters. The number of hydrogen-bond donors (Lipinski definition) is 1. The molecule has 12 heteroatoms. The van der Waals surface area contributed by atoms with Crippen molar-refractivity contribution in [1.82, 2.24) is 14.8 Å². The number of rotatable bonds is 5. The van der Waals surface area contributed by atoms with E-state index >= 15 is 0 Å². The minimum atomic E-state index is -0.784. The smallest absolute Gasteiger partial charge is 0.340 e. The number of nitrogens with zero attached hydrogens (tertiary/aromatic N) is 3. The van der Waals surface area contributed by atoms with Gasteiger partial charge in [0.1, 0.15) is 9.59 Å². The average Bonchev–Trinajstić information content (AvgIpc) is 3.09. The van der Waals surface area contributed by atoms with Crippen LogP contribution in [0.25, 0.3) is 11.9 Å². The number of thiocarbonyl (C=S) groups is 1. The molecule has 0 aliphatic rings. The SMILES string of the molecule is COC(=O)c1cc(Cl)cc(Br)c1NC(=S)C(F)=Cc1cc(Br)nn1-c1ncccc1Cl. The minimum absolute atomic E-state index is 0.0880. The van der Waals surface area contributed by atoms with Crippen LogP contribution in [-0.2, 0) is 4.74 Å². The third kappa shape index (κ3) is 5.50. The van der Waals surface area contributed by atoms with Gasteiger partial charge >= 0.3 is 5.97 Å². The van der Waals surface area contributed by atoms with E-state index in [0.29, 0.717) is 30.6 Å². The highest BCUT2D eigenvalue weighted by Gasteiger charge is 2.19. The molecular weight excluding hydrogens is 598 g/mol. The van der Waals surface area contributed by atoms with Crippen LogP contribution in [0.1, 0.15) is 16.1 Å². The van der Waals surface area contributed by atoms with Crippen molar-refractivity contribution in [3.05, 3.63) is 72.7 Å². The molecule has 2 aromatic heterocycles. The molecule has 0 saturated carbocycles. The van der Waals surface area contributed by atoms with Crippen LogP contribution in [0.15, 0.2) is 51.4 Å². The second-order valence-corrected chi connectivity index (χ2v) is 8.78. The molecule has 1 aromatic carbocycles. The summed E-state index contributed by atoms with van der Waals surface area (Å²) in [7, 11) is 1.22. The summed E-state index contributed by atoms with van der Waals surface area (Å²) in [5.41, 5.74) is 0.634. The van der Waals surface area contributed by atoms with Gasteiger partial charge in [-0.3, -0.25) is 0 Å². The van der Waals surface area contributed by atoms with Gasteiger partial charge in [0.25, 0.3) is 0 Å². The Bertz CT molecular complexity index is 1220. The van der Waals surface area contributed by atoms with Crippen molar-refractivity contribution >= 4 is 90.0 Å². The van der Waals surface area contributed by atoms with Gasteiger partial charge in [-0.15, -0.1) is 0 Å². The Labute approximate surface area is 208 Å². The molecule has 0 aliphatic heterocycles. The topological polar surface area (TPSA) is 69.0 Å². The van der Waals surface area contributed by atoms with E-state index in [2.05, 4.69) is 47.3 Å². The van der Waals surface area contributed by atoms with E-state index in [1.54, 1.807) is 24.4 Å². The highest BCUT2D eigenvalue weighted by Crippen LogP contribution is 2.32. The molecule has 1 N–H and O–H groups in total. The fourth-order valence-electron chi connectivity index (χ4n) is 2.51. The molecule has 0 fully saturated rings. The van der Waals surface area contributed by atoms with Crippen LogP contribution in [0.2, 0.25) is 10.0 Å². The number of methoxy groups -OCH3 is 1. The molecule has 160 valence electrons. The fraction of sp³-hybridized carbons (Fsp3) is 0.0526. The summed E-state index contributed by atoms with van der Waals surface area (Å²) in [6.45, 7) is 0. The second kappa shape index (κ2) is 10.2. The zero-order chi connectivity index (χ0) is 22.7. The molecule has 0 amide bonds. The van der Waals surface area contributed by atoms with E-state index in [-0.39, 0.29) is 16.2 Å². The van der Waals surface area contributed by atoms with Gasteiger partial charge in [-0.05, 0) is 62.2 Å². The Morgan fingerprint density at radius 1 is 1.32 bits per heavy atom. The van der Waals surface area contributed by atoms with Crippen molar-refractivity contribution in [2.45, 2.75) is 0 Å². The van der Waals surface area contributed by atoms with Crippen LogP contribution in [-0.4, -0.2) is 32.8 Å². The number of benzene rings is 1. The van der Waals surface area contributed by atoms with Crippen LogP contribution in [0.3, 0.4) is 0 Å². The molecule has 2 heterocycles. The normalized spacial score (nSPS) is 11.4. The van der Waals surface area contributed by atoms with Crippen molar-refractivity contribution in [2.75, 3.05) is 12.4 Å². The molecule has 0 aliphatic carbocycles. The molecule has 0 bridgehead atoms. The van der Waals surface area contributed by atoms with Crippen LogP contribution < -0.4 is 5.32 Å². The van der Waals surface area contributed by atoms with Gasteiger partial charge < -0.3 is 10.1 Å². The Morgan fingerprint density at radius 3 is 2.74 bits per heavy atom. The van der Waals surface area contributed by atoms with E-state index < -0.39 is 11.8 Å². The summed E-state index contributed by atoms with van der Waals surface area (Å²) in [5.74, 6) is -1.13. The third-order valence-corrected chi connectivity index (χ3v) is 5.66. The first-order valence-corrected chi connectivity index (χ1v) is 11.1. The van der Waals surface area contributed by atoms with Crippen LogP contribution in [0, 0.1) is 0 Å². The molecule has 31 heavy (non-hydrogen) atoms. The van der Waals surface area contributed by atoms with E-state index in [9.17, 15) is 9.18 Å². The average molecular weight is 609 g/mol. The molecule has 0 unspecified atom stereocenters. The van der Waals surface area contributed by atoms with Gasteiger partial charge in [0.2, 0.25) is 0 Å². The van der Waals surface area contributed by atoms with Gasteiger partial charge in [-0.2, -0.15) is 5.10 Å². The molecular formula is C19H11Br2Cl2FN4O2S. The van der Waals surface area contributed by atoms with Crippen LogP contribution in [0.4, 0.5) is 10.1 Å². The summed E-state index contributed by atoms with van der Waals surface area (Å²) in [5, 5.41) is 7.58. The number of aromatic nitrogens is 3. The van der Waals surface area contributed by atoms with Gasteiger partial charge in [-0.1, -0.05) is 35.4 Å². The van der Waals surface area contributed by atoms with Crippen molar-refractivity contribution in [1.29, 1.82) is 0 Å². The largest absolute Gasteiger partial charge is 0.465 e. The summed E-state index contributed by atoms with van der Waals surface area (Å²) in [6.07, 6.45) is 2.71. The van der Waals surface area contributed by atoms with E-state index in [4.69, 9.17) is 40.2 Å². The van der Waals surface area contributed by atoms with Gasteiger partial charge in [-0.25, -0.2) is 18.9 Å². The molecule has 0 radical (unpaired) electrons. The highest BCUT2D eigenvalue weighted by atomic mass is 79.9. The maximum absolute atomic E-state index is 15.0. The molecule has 3 aromatic rings. The number of carbonyl (C=O) groups excluding carboxylic acids is 1. The fourth-order valence-corrected chi connectivity index (χ4v) is 4.18. The molecule has 6 nitrogen and oxygen atoms in total. The maximum Gasteiger partial charge on any atom is 0.340 e. The summed E-state index contributed by atoms with van der Waals surface area (Å²) in [6, 6.07) is 7.81. The number of pyridine rings is 1. The first-order chi connectivity index (χ1) is 14.7. The molecule has 0 saturated heterocycles. The summed E-state index contributed by atoms with van der Waals surface area (Å²) < 4.78 is 22.0. The number of anilines is 1. The number of carbonyl (C=O) groups is 1. The van der Waals surface area contributed by atoms with E-state index in [1.807, 2.05) is 0 Å². The van der Waals surface area contributed by atoms with Crippen molar-refractivity contribution in [2.24, 2.45) is 0 Å². The lowest BCUT2D eigenvalue weighted by molar-refractivity contribution is 0.0602. The predicted molar refractivity (Wildman–Crippen MR) is 130 cm³/mol. The van der Waals surface area contributed by atoms with Gasteiger partial charge in [0.05, 0.1) is 29.1 Å². The van der Waals surface area contributed by atoms with Gasteiger partial charge in [0.15, 0.2) is 11.6 Å². The zero-order valence-corrected chi connectivity index (χ0v) is 21.0. The lowest BCUT2D eigenvalue weighted by Gasteiger charge is -2.13. The summed E-state index contributed by atoms with van der Waals surface area (Å²) >= 11 is 23.9. The Morgan fingerprint density at radius 2 is 2.06 bits per heavy atom. The van der Waals surface area contributed by atoms with Crippen LogP contribution >= 0.6 is 67.3 Å². The molecule has 0 spiro atoms. The molecule has 3 rings (SSSR count). The number of hydrogen-bond acceptors (Lipinski definition) is 5. The van der Waals surface area contributed by atoms with E-state index in [0.717, 1.165) is 0 Å². The van der Waals surface area contributed by atoms with E-state index in [1.165, 1.54) is 30.0 Å². The standard InChI is InChI=1S/C19H11Br2Cl2FN4O2S/c1-30-19(29)11-5-9(22)6-12(20)16(11)26-18(31)14(24)7-10-8-15(21)27-28(10)17-13(23)3-2-4-25-17/h2-8H,1H3,(H,26,31). The zero-order valence-electron chi connectivity index (χ0n) is 15.5. The van der Waals surface area contributed by atoms with Crippen molar-refractivity contribution in [3.8, 4) is 5.82 Å². The lowest BCUT2D eigenvalue weighted by Crippen LogP contribution is -2.15. The second-order valence-electron chi connectivity index (χ2n) is 5.86. The maximum atomic E-state index is 15.0. The minimum Gasteiger partial charge on any atom is -0.465 e. The third-order valence-electron chi connectivity index (χ3n) is 3.84. The Balaban J connectivity index is 1.96.